The Morgan fingerprint density at radius 2 is 2.05 bits per heavy atom. The lowest BCUT2D eigenvalue weighted by molar-refractivity contribution is -0.122. The van der Waals surface area contributed by atoms with Crippen molar-refractivity contribution in [3.05, 3.63) is 34.3 Å². The van der Waals surface area contributed by atoms with Crippen LogP contribution in [0.5, 0.6) is 0 Å². The smallest absolute Gasteiger partial charge is 0.222 e. The van der Waals surface area contributed by atoms with Gasteiger partial charge in [0.1, 0.15) is 0 Å². The minimum absolute atomic E-state index is 0.00641. The minimum atomic E-state index is -0.280. The van der Waals surface area contributed by atoms with Gasteiger partial charge in [-0.05, 0) is 31.4 Å². The summed E-state index contributed by atoms with van der Waals surface area (Å²) in [4.78, 5) is 12.1. The van der Waals surface area contributed by atoms with Gasteiger partial charge < -0.3 is 11.1 Å². The van der Waals surface area contributed by atoms with E-state index < -0.39 is 0 Å². The van der Waals surface area contributed by atoms with Gasteiger partial charge in [-0.15, -0.1) is 0 Å². The molecule has 1 aromatic rings. The maximum atomic E-state index is 12.1. The summed E-state index contributed by atoms with van der Waals surface area (Å²) in [5.41, 5.74) is 7.05. The number of hydrogen-bond acceptors (Lipinski definition) is 2. The highest BCUT2D eigenvalue weighted by Crippen LogP contribution is 2.30. The topological polar surface area (TPSA) is 55.1 Å². The number of amides is 1. The van der Waals surface area contributed by atoms with E-state index in [2.05, 4.69) is 21.2 Å². The average molecular weight is 325 g/mol. The molecule has 3 nitrogen and oxygen atoms in total. The van der Waals surface area contributed by atoms with E-state index >= 15 is 0 Å². The van der Waals surface area contributed by atoms with Crippen LogP contribution in [-0.4, -0.2) is 11.4 Å². The molecule has 0 heterocycles. The van der Waals surface area contributed by atoms with Gasteiger partial charge in [-0.2, -0.15) is 0 Å². The number of carbonyl (C=O) groups excluding carboxylic acids is 1. The van der Waals surface area contributed by atoms with Crippen molar-refractivity contribution in [3.63, 3.8) is 0 Å². The predicted octanol–water partition coefficient (Wildman–Crippen LogP) is 3.29. The lowest BCUT2D eigenvalue weighted by Gasteiger charge is -2.24. The van der Waals surface area contributed by atoms with Gasteiger partial charge in [0.05, 0.1) is 6.04 Å². The highest BCUT2D eigenvalue weighted by atomic mass is 79.9. The maximum absolute atomic E-state index is 12.1. The molecule has 1 aliphatic carbocycles. The fourth-order valence-corrected chi connectivity index (χ4v) is 3.40. The second-order valence-corrected chi connectivity index (χ2v) is 6.41. The lowest BCUT2D eigenvalue weighted by atomic mass is 9.94. The number of benzene rings is 1. The molecule has 104 valence electrons. The Kier molecular flexibility index (Phi) is 4.63. The second kappa shape index (κ2) is 6.06. The number of halogens is 1. The summed E-state index contributed by atoms with van der Waals surface area (Å²) >= 11 is 3.51. The van der Waals surface area contributed by atoms with E-state index in [-0.39, 0.29) is 17.5 Å². The van der Waals surface area contributed by atoms with Crippen LogP contribution in [0.4, 0.5) is 0 Å². The van der Waals surface area contributed by atoms with Crippen LogP contribution < -0.4 is 11.1 Å². The predicted molar refractivity (Wildman–Crippen MR) is 80.7 cm³/mol. The third-order valence-electron chi connectivity index (χ3n) is 3.86. The summed E-state index contributed by atoms with van der Waals surface area (Å²) in [6.45, 7) is 2.00. The van der Waals surface area contributed by atoms with E-state index in [9.17, 15) is 4.79 Å². The highest BCUT2D eigenvalue weighted by Gasteiger charge is 2.32. The largest absolute Gasteiger partial charge is 0.349 e. The molecule has 1 amide bonds. The first-order valence-electron chi connectivity index (χ1n) is 6.83. The third-order valence-corrected chi connectivity index (χ3v) is 4.58. The zero-order valence-corrected chi connectivity index (χ0v) is 12.9. The Balaban J connectivity index is 1.94. The molecule has 1 aliphatic rings. The van der Waals surface area contributed by atoms with E-state index in [1.165, 1.54) is 0 Å². The van der Waals surface area contributed by atoms with Crippen molar-refractivity contribution in [2.24, 2.45) is 5.73 Å². The monoisotopic (exact) mass is 324 g/mol. The number of hydrogen-bond donors (Lipinski definition) is 2. The summed E-state index contributed by atoms with van der Waals surface area (Å²) in [5.74, 6) is 0.0488. The van der Waals surface area contributed by atoms with Gasteiger partial charge in [0.25, 0.3) is 0 Å². The zero-order chi connectivity index (χ0) is 13.9. The Labute approximate surface area is 123 Å². The van der Waals surface area contributed by atoms with Crippen molar-refractivity contribution < 1.29 is 4.79 Å². The SMILES string of the molecule is CC(NC(=O)CC1(N)CCCC1)c1ccccc1Br. The molecule has 0 aliphatic heterocycles. The van der Waals surface area contributed by atoms with E-state index in [4.69, 9.17) is 5.73 Å². The van der Waals surface area contributed by atoms with Crippen LogP contribution in [-0.2, 0) is 4.79 Å². The molecule has 0 saturated heterocycles. The summed E-state index contributed by atoms with van der Waals surface area (Å²) in [6.07, 6.45) is 4.64. The van der Waals surface area contributed by atoms with Crippen LogP contribution in [0.1, 0.15) is 50.6 Å². The second-order valence-electron chi connectivity index (χ2n) is 5.56. The quantitative estimate of drug-likeness (QED) is 0.892. The Bertz CT molecular complexity index is 455. The van der Waals surface area contributed by atoms with Gasteiger partial charge in [0.2, 0.25) is 5.91 Å². The van der Waals surface area contributed by atoms with Gasteiger partial charge in [-0.25, -0.2) is 0 Å². The van der Waals surface area contributed by atoms with Crippen molar-refractivity contribution in [2.45, 2.75) is 50.6 Å². The normalized spacial score (nSPS) is 19.1. The molecule has 0 spiro atoms. The number of nitrogens with two attached hydrogens (primary N) is 1. The average Bonchev–Trinajstić information content (AvgIpc) is 2.75. The van der Waals surface area contributed by atoms with Crippen LogP contribution in [0.15, 0.2) is 28.7 Å². The fourth-order valence-electron chi connectivity index (χ4n) is 2.77. The number of rotatable bonds is 4. The highest BCUT2D eigenvalue weighted by molar-refractivity contribution is 9.10. The molecule has 1 aromatic carbocycles. The van der Waals surface area contributed by atoms with Gasteiger partial charge in [-0.3, -0.25) is 4.79 Å². The van der Waals surface area contributed by atoms with Crippen LogP contribution in [0.2, 0.25) is 0 Å². The summed E-state index contributed by atoms with van der Waals surface area (Å²) in [6, 6.07) is 7.94. The molecule has 1 atom stereocenters. The van der Waals surface area contributed by atoms with E-state index in [1.54, 1.807) is 0 Å². The van der Waals surface area contributed by atoms with Crippen molar-refractivity contribution in [3.8, 4) is 0 Å². The molecule has 1 saturated carbocycles. The molecule has 4 heteroatoms. The van der Waals surface area contributed by atoms with Crippen LogP contribution in [0.3, 0.4) is 0 Å². The minimum Gasteiger partial charge on any atom is -0.349 e. The van der Waals surface area contributed by atoms with Gasteiger partial charge >= 0.3 is 0 Å². The van der Waals surface area contributed by atoms with E-state index in [0.29, 0.717) is 6.42 Å². The first-order valence-corrected chi connectivity index (χ1v) is 7.62. The van der Waals surface area contributed by atoms with Crippen LogP contribution >= 0.6 is 15.9 Å². The van der Waals surface area contributed by atoms with Crippen molar-refractivity contribution in [1.82, 2.24) is 5.32 Å². The van der Waals surface area contributed by atoms with E-state index in [0.717, 1.165) is 35.7 Å². The maximum Gasteiger partial charge on any atom is 0.222 e. The van der Waals surface area contributed by atoms with Crippen molar-refractivity contribution in [1.29, 1.82) is 0 Å². The van der Waals surface area contributed by atoms with Gasteiger partial charge in [-0.1, -0.05) is 47.0 Å². The van der Waals surface area contributed by atoms with Gasteiger partial charge in [0.15, 0.2) is 0 Å². The molecule has 0 bridgehead atoms. The molecule has 1 unspecified atom stereocenters. The molecule has 19 heavy (non-hydrogen) atoms. The van der Waals surface area contributed by atoms with Crippen molar-refractivity contribution >= 4 is 21.8 Å². The molecular formula is C15H21BrN2O. The number of carbonyl (C=O) groups is 1. The summed E-state index contributed by atoms with van der Waals surface area (Å²) in [5, 5.41) is 3.04. The van der Waals surface area contributed by atoms with Gasteiger partial charge in [0, 0.05) is 16.4 Å². The molecule has 2 rings (SSSR count). The lowest BCUT2D eigenvalue weighted by Crippen LogP contribution is -2.42. The third kappa shape index (κ3) is 3.80. The standard InChI is InChI=1S/C15H21BrN2O/c1-11(12-6-2-3-7-13(12)16)18-14(19)10-15(17)8-4-5-9-15/h2-3,6-7,11H,4-5,8-10,17H2,1H3,(H,18,19). The summed E-state index contributed by atoms with van der Waals surface area (Å²) in [7, 11) is 0. The Morgan fingerprint density at radius 3 is 2.68 bits per heavy atom. The fraction of sp³-hybridized carbons (Fsp3) is 0.533. The first kappa shape index (κ1) is 14.5. The van der Waals surface area contributed by atoms with Crippen molar-refractivity contribution in [2.75, 3.05) is 0 Å². The van der Waals surface area contributed by atoms with Crippen LogP contribution in [0.25, 0.3) is 0 Å². The van der Waals surface area contributed by atoms with E-state index in [1.807, 2.05) is 31.2 Å². The molecule has 0 aromatic heterocycles. The first-order chi connectivity index (χ1) is 9.00. The zero-order valence-electron chi connectivity index (χ0n) is 11.3. The molecule has 0 radical (unpaired) electrons. The Hall–Kier alpha value is -0.870. The Morgan fingerprint density at radius 1 is 1.42 bits per heavy atom. The molecule has 1 fully saturated rings. The number of nitrogens with one attached hydrogen (secondary N) is 1. The van der Waals surface area contributed by atoms with Crippen LogP contribution in [0, 0.1) is 0 Å². The molecule has 3 N–H and O–H groups in total. The molecular weight excluding hydrogens is 304 g/mol. The summed E-state index contributed by atoms with van der Waals surface area (Å²) < 4.78 is 1.02.